The Morgan fingerprint density at radius 1 is 1.28 bits per heavy atom. The van der Waals surface area contributed by atoms with E-state index in [1.54, 1.807) is 11.0 Å². The van der Waals surface area contributed by atoms with Crippen LogP contribution in [-0.2, 0) is 14.4 Å². The van der Waals surface area contributed by atoms with E-state index in [4.69, 9.17) is 5.73 Å². The van der Waals surface area contributed by atoms with Gasteiger partial charge in [-0.25, -0.2) is 0 Å². The van der Waals surface area contributed by atoms with Gasteiger partial charge in [-0.15, -0.1) is 0 Å². The highest BCUT2D eigenvalue weighted by atomic mass is 79.9. The number of amides is 3. The average molecular weight is 411 g/mol. The van der Waals surface area contributed by atoms with Crippen LogP contribution in [0.5, 0.6) is 0 Å². The van der Waals surface area contributed by atoms with Crippen LogP contribution >= 0.6 is 15.9 Å². The molecule has 0 aliphatic carbocycles. The summed E-state index contributed by atoms with van der Waals surface area (Å²) in [6, 6.07) is 5.12. The highest BCUT2D eigenvalue weighted by molar-refractivity contribution is 9.10. The van der Waals surface area contributed by atoms with Crippen molar-refractivity contribution in [1.82, 2.24) is 10.2 Å². The van der Waals surface area contributed by atoms with Crippen molar-refractivity contribution in [3.05, 3.63) is 28.2 Å². The molecule has 136 valence electrons. The molecule has 4 N–H and O–H groups in total. The molecule has 0 spiro atoms. The SMILES string of the molecule is Cc1cc(Br)ccc1NC(=O)CNC(=O)CN1CCCC[C@@H]1C(N)=O. The molecule has 1 atom stereocenters. The second-order valence-corrected chi connectivity index (χ2v) is 7.08. The smallest absolute Gasteiger partial charge is 0.243 e. The van der Waals surface area contributed by atoms with Crippen LogP contribution in [0.2, 0.25) is 0 Å². The zero-order chi connectivity index (χ0) is 18.4. The van der Waals surface area contributed by atoms with Crippen LogP contribution < -0.4 is 16.4 Å². The van der Waals surface area contributed by atoms with Crippen LogP contribution in [0.4, 0.5) is 5.69 Å². The van der Waals surface area contributed by atoms with Crippen molar-refractivity contribution in [3.8, 4) is 0 Å². The molecule has 3 amide bonds. The molecule has 25 heavy (non-hydrogen) atoms. The number of nitrogens with one attached hydrogen (secondary N) is 2. The Balaban J connectivity index is 1.80. The first-order valence-electron chi connectivity index (χ1n) is 8.23. The minimum atomic E-state index is -0.407. The second kappa shape index (κ2) is 8.96. The molecule has 0 saturated carbocycles. The Morgan fingerprint density at radius 2 is 2.04 bits per heavy atom. The number of anilines is 1. The molecule has 2 rings (SSSR count). The zero-order valence-electron chi connectivity index (χ0n) is 14.2. The van der Waals surface area contributed by atoms with Gasteiger partial charge in [0.05, 0.1) is 19.1 Å². The van der Waals surface area contributed by atoms with Crippen molar-refractivity contribution in [2.45, 2.75) is 32.2 Å². The number of nitrogens with zero attached hydrogens (tertiary/aromatic N) is 1. The van der Waals surface area contributed by atoms with Gasteiger partial charge in [0.2, 0.25) is 17.7 Å². The summed E-state index contributed by atoms with van der Waals surface area (Å²) in [7, 11) is 0. The van der Waals surface area contributed by atoms with Gasteiger partial charge < -0.3 is 16.4 Å². The van der Waals surface area contributed by atoms with E-state index >= 15 is 0 Å². The van der Waals surface area contributed by atoms with Crippen LogP contribution in [0.25, 0.3) is 0 Å². The quantitative estimate of drug-likeness (QED) is 0.653. The highest BCUT2D eigenvalue weighted by Crippen LogP contribution is 2.20. The maximum Gasteiger partial charge on any atom is 0.243 e. The van der Waals surface area contributed by atoms with Crippen LogP contribution in [0.1, 0.15) is 24.8 Å². The molecule has 0 radical (unpaired) electrons. The summed E-state index contributed by atoms with van der Waals surface area (Å²) >= 11 is 3.37. The van der Waals surface area contributed by atoms with E-state index in [0.29, 0.717) is 18.7 Å². The topological polar surface area (TPSA) is 105 Å². The molecule has 0 aromatic heterocycles. The normalized spacial score (nSPS) is 17.8. The summed E-state index contributed by atoms with van der Waals surface area (Å²) in [6.07, 6.45) is 2.53. The van der Waals surface area contributed by atoms with Gasteiger partial charge in [-0.1, -0.05) is 22.4 Å². The van der Waals surface area contributed by atoms with Gasteiger partial charge in [0, 0.05) is 10.2 Å². The molecule has 1 fully saturated rings. The molecule has 1 aliphatic rings. The predicted molar refractivity (Wildman–Crippen MR) is 98.9 cm³/mol. The van der Waals surface area contributed by atoms with Gasteiger partial charge in [0.15, 0.2) is 0 Å². The zero-order valence-corrected chi connectivity index (χ0v) is 15.8. The third-order valence-corrected chi connectivity index (χ3v) is 4.69. The Kier molecular flexibility index (Phi) is 6.95. The molecular weight excluding hydrogens is 388 g/mol. The predicted octanol–water partition coefficient (Wildman–Crippen LogP) is 1.15. The third-order valence-electron chi connectivity index (χ3n) is 4.20. The van der Waals surface area contributed by atoms with E-state index in [2.05, 4.69) is 26.6 Å². The van der Waals surface area contributed by atoms with E-state index in [0.717, 1.165) is 22.9 Å². The first-order chi connectivity index (χ1) is 11.9. The van der Waals surface area contributed by atoms with Crippen LogP contribution in [0.15, 0.2) is 22.7 Å². The van der Waals surface area contributed by atoms with Crippen molar-refractivity contribution in [3.63, 3.8) is 0 Å². The summed E-state index contributed by atoms with van der Waals surface area (Å²) in [5.74, 6) is -1.00. The summed E-state index contributed by atoms with van der Waals surface area (Å²) in [5.41, 5.74) is 7.01. The van der Waals surface area contributed by atoms with Gasteiger partial charge in [0.25, 0.3) is 0 Å². The number of nitrogens with two attached hydrogens (primary N) is 1. The van der Waals surface area contributed by atoms with Crippen molar-refractivity contribution in [2.24, 2.45) is 5.73 Å². The minimum Gasteiger partial charge on any atom is -0.368 e. The number of piperidine rings is 1. The second-order valence-electron chi connectivity index (χ2n) is 6.17. The molecule has 8 heteroatoms. The molecule has 1 saturated heterocycles. The molecule has 1 aliphatic heterocycles. The number of aryl methyl sites for hydroxylation is 1. The van der Waals surface area contributed by atoms with Gasteiger partial charge in [-0.05, 0) is 50.1 Å². The summed E-state index contributed by atoms with van der Waals surface area (Å²) in [4.78, 5) is 37.3. The monoisotopic (exact) mass is 410 g/mol. The average Bonchev–Trinajstić information content (AvgIpc) is 2.56. The molecule has 1 heterocycles. The number of rotatable bonds is 6. The van der Waals surface area contributed by atoms with Crippen molar-refractivity contribution in [1.29, 1.82) is 0 Å². The molecule has 0 unspecified atom stereocenters. The number of carbonyl (C=O) groups is 3. The van der Waals surface area contributed by atoms with Gasteiger partial charge in [-0.3, -0.25) is 19.3 Å². The number of carbonyl (C=O) groups excluding carboxylic acids is 3. The minimum absolute atomic E-state index is 0.0677. The van der Waals surface area contributed by atoms with E-state index in [9.17, 15) is 14.4 Å². The third kappa shape index (κ3) is 5.82. The van der Waals surface area contributed by atoms with Crippen LogP contribution in [-0.4, -0.2) is 48.3 Å². The lowest BCUT2D eigenvalue weighted by Crippen LogP contribution is -2.51. The summed E-state index contributed by atoms with van der Waals surface area (Å²) in [6.45, 7) is 2.49. The Labute approximate surface area is 155 Å². The maximum atomic E-state index is 12.1. The standard InChI is InChI=1S/C17H23BrN4O3/c1-11-8-12(18)5-6-13(11)21-15(23)9-20-16(24)10-22-7-3-2-4-14(22)17(19)25/h5-6,8,14H,2-4,7,9-10H2,1H3,(H2,19,25)(H,20,24)(H,21,23)/t14-/m1/s1. The number of halogens is 1. The molecule has 7 nitrogen and oxygen atoms in total. The van der Waals surface area contributed by atoms with E-state index < -0.39 is 11.9 Å². The molecular formula is C17H23BrN4O3. The van der Waals surface area contributed by atoms with E-state index in [1.165, 1.54) is 0 Å². The van der Waals surface area contributed by atoms with Crippen molar-refractivity contribution in [2.75, 3.05) is 25.0 Å². The van der Waals surface area contributed by atoms with Crippen molar-refractivity contribution < 1.29 is 14.4 Å². The number of hydrogen-bond donors (Lipinski definition) is 3. The number of primary amides is 1. The Bertz CT molecular complexity index is 665. The fraction of sp³-hybridized carbons (Fsp3) is 0.471. The lowest BCUT2D eigenvalue weighted by Gasteiger charge is -2.32. The number of benzene rings is 1. The van der Waals surface area contributed by atoms with Crippen LogP contribution in [0.3, 0.4) is 0 Å². The summed E-state index contributed by atoms with van der Waals surface area (Å²) < 4.78 is 0.932. The van der Waals surface area contributed by atoms with Crippen molar-refractivity contribution >= 4 is 39.3 Å². The van der Waals surface area contributed by atoms with Gasteiger partial charge >= 0.3 is 0 Å². The fourth-order valence-electron chi connectivity index (χ4n) is 2.88. The fourth-order valence-corrected chi connectivity index (χ4v) is 3.36. The Hall–Kier alpha value is -1.93. The largest absolute Gasteiger partial charge is 0.368 e. The Morgan fingerprint density at radius 3 is 2.72 bits per heavy atom. The maximum absolute atomic E-state index is 12.1. The van der Waals surface area contributed by atoms with E-state index in [1.807, 2.05) is 19.1 Å². The molecule has 0 bridgehead atoms. The number of hydrogen-bond acceptors (Lipinski definition) is 4. The molecule has 1 aromatic carbocycles. The number of likely N-dealkylation sites (tertiary alicyclic amines) is 1. The highest BCUT2D eigenvalue weighted by Gasteiger charge is 2.28. The van der Waals surface area contributed by atoms with Gasteiger partial charge in [0.1, 0.15) is 0 Å². The van der Waals surface area contributed by atoms with Crippen LogP contribution in [0, 0.1) is 6.92 Å². The first kappa shape index (κ1) is 19.4. The van der Waals surface area contributed by atoms with Gasteiger partial charge in [-0.2, -0.15) is 0 Å². The van der Waals surface area contributed by atoms with E-state index in [-0.39, 0.29) is 24.9 Å². The lowest BCUT2D eigenvalue weighted by atomic mass is 10.0. The molecule has 1 aromatic rings. The summed E-state index contributed by atoms with van der Waals surface area (Å²) in [5, 5.41) is 5.35. The lowest BCUT2D eigenvalue weighted by molar-refractivity contribution is -0.129. The first-order valence-corrected chi connectivity index (χ1v) is 9.02.